The standard InChI is InChI=1S/2C6H10O3.C6H14O2/c2*1(5-3-8-5)7-2-6-4-9-6;7-5-3-1-2-4-6-8/h2*5-6H,1-4H2;7-8H,1-6H2. The molecule has 4 aliphatic heterocycles. The lowest BCUT2D eigenvalue weighted by Crippen LogP contribution is -2.06. The van der Waals surface area contributed by atoms with E-state index in [1.807, 2.05) is 0 Å². The molecule has 0 spiro atoms. The first-order valence-corrected chi connectivity index (χ1v) is 9.65. The van der Waals surface area contributed by atoms with E-state index in [1.54, 1.807) is 0 Å². The van der Waals surface area contributed by atoms with Gasteiger partial charge in [0.15, 0.2) is 0 Å². The monoisotopic (exact) mass is 378 g/mol. The van der Waals surface area contributed by atoms with Crippen LogP contribution in [0.2, 0.25) is 0 Å². The second kappa shape index (κ2) is 13.8. The third-order valence-electron chi connectivity index (χ3n) is 3.89. The maximum atomic E-state index is 8.30. The van der Waals surface area contributed by atoms with Crippen LogP contribution in [-0.2, 0) is 28.4 Å². The normalized spacial score (nSPS) is 29.8. The van der Waals surface area contributed by atoms with Gasteiger partial charge in [-0.2, -0.15) is 0 Å². The molecule has 4 unspecified atom stereocenters. The van der Waals surface area contributed by atoms with E-state index in [9.17, 15) is 0 Å². The van der Waals surface area contributed by atoms with Crippen molar-refractivity contribution in [3.63, 3.8) is 0 Å². The van der Waals surface area contributed by atoms with Crippen LogP contribution in [0.1, 0.15) is 25.7 Å². The van der Waals surface area contributed by atoms with Crippen LogP contribution in [-0.4, -0.2) is 101 Å². The molecule has 0 amide bonds. The Balaban J connectivity index is 0.000000141. The molecule has 0 aromatic carbocycles. The lowest BCUT2D eigenvalue weighted by atomic mass is 10.2. The average Bonchev–Trinajstić information content (AvgIpc) is 3.49. The zero-order chi connectivity index (χ0) is 18.5. The Morgan fingerprint density at radius 1 is 0.538 bits per heavy atom. The van der Waals surface area contributed by atoms with Crippen molar-refractivity contribution in [2.75, 3.05) is 66.1 Å². The number of rotatable bonds is 13. The predicted molar refractivity (Wildman–Crippen MR) is 93.2 cm³/mol. The summed E-state index contributed by atoms with van der Waals surface area (Å²) in [7, 11) is 0. The largest absolute Gasteiger partial charge is 0.396 e. The van der Waals surface area contributed by atoms with E-state index in [1.165, 1.54) is 0 Å². The van der Waals surface area contributed by atoms with Gasteiger partial charge in [0.05, 0.1) is 52.9 Å². The maximum absolute atomic E-state index is 8.30. The summed E-state index contributed by atoms with van der Waals surface area (Å²) in [6.07, 6.45) is 5.40. The van der Waals surface area contributed by atoms with Crippen molar-refractivity contribution in [3.05, 3.63) is 0 Å². The summed E-state index contributed by atoms with van der Waals surface area (Å²) in [4.78, 5) is 0. The van der Waals surface area contributed by atoms with Gasteiger partial charge in [-0.15, -0.1) is 0 Å². The smallest absolute Gasteiger partial charge is 0.104 e. The third kappa shape index (κ3) is 14.8. The van der Waals surface area contributed by atoms with Gasteiger partial charge in [-0.3, -0.25) is 0 Å². The Bertz CT molecular complexity index is 271. The first kappa shape index (κ1) is 22.0. The fourth-order valence-corrected chi connectivity index (χ4v) is 1.90. The minimum absolute atomic E-state index is 0.283. The highest BCUT2D eigenvalue weighted by Gasteiger charge is 2.27. The fraction of sp³-hybridized carbons (Fsp3) is 1.00. The average molecular weight is 378 g/mol. The molecule has 4 aliphatic rings. The van der Waals surface area contributed by atoms with Gasteiger partial charge < -0.3 is 38.6 Å². The van der Waals surface area contributed by atoms with Crippen LogP contribution < -0.4 is 0 Å². The fourth-order valence-electron chi connectivity index (χ4n) is 1.90. The molecular weight excluding hydrogens is 344 g/mol. The van der Waals surface area contributed by atoms with Crippen molar-refractivity contribution in [3.8, 4) is 0 Å². The highest BCUT2D eigenvalue weighted by atomic mass is 16.6. The third-order valence-corrected chi connectivity index (χ3v) is 3.89. The maximum Gasteiger partial charge on any atom is 0.104 e. The lowest BCUT2D eigenvalue weighted by Gasteiger charge is -1.95. The van der Waals surface area contributed by atoms with Gasteiger partial charge in [0.1, 0.15) is 24.4 Å². The molecule has 0 aliphatic carbocycles. The second-order valence-electron chi connectivity index (χ2n) is 6.76. The van der Waals surface area contributed by atoms with Crippen LogP contribution >= 0.6 is 0 Å². The number of unbranched alkanes of at least 4 members (excludes halogenated alkanes) is 3. The molecule has 0 saturated carbocycles. The number of aliphatic hydroxyl groups is 2. The van der Waals surface area contributed by atoms with E-state index in [0.717, 1.165) is 78.5 Å². The Labute approximate surface area is 155 Å². The molecule has 8 nitrogen and oxygen atoms in total. The first-order valence-electron chi connectivity index (χ1n) is 9.65. The zero-order valence-electron chi connectivity index (χ0n) is 15.6. The quantitative estimate of drug-likeness (QED) is 0.344. The van der Waals surface area contributed by atoms with Crippen molar-refractivity contribution in [1.29, 1.82) is 0 Å². The van der Waals surface area contributed by atoms with Crippen LogP contribution in [0.25, 0.3) is 0 Å². The van der Waals surface area contributed by atoms with Gasteiger partial charge in [-0.25, -0.2) is 0 Å². The number of epoxide rings is 4. The molecule has 0 aromatic heterocycles. The topological polar surface area (TPSA) is 109 Å². The molecule has 2 N–H and O–H groups in total. The molecular formula is C18H34O8. The summed E-state index contributed by atoms with van der Waals surface area (Å²) < 4.78 is 30.2. The van der Waals surface area contributed by atoms with E-state index >= 15 is 0 Å². The Hall–Kier alpha value is -0.320. The highest BCUT2D eigenvalue weighted by molar-refractivity contribution is 4.71. The van der Waals surface area contributed by atoms with Gasteiger partial charge >= 0.3 is 0 Å². The SMILES string of the molecule is C(OCC1CO1)C1CO1.C(OCC1CO1)C1CO1.OCCCCCCO. The van der Waals surface area contributed by atoms with E-state index in [-0.39, 0.29) is 13.2 Å². The molecule has 4 atom stereocenters. The number of hydrogen-bond acceptors (Lipinski definition) is 8. The van der Waals surface area contributed by atoms with Gasteiger partial charge in [0.2, 0.25) is 0 Å². The molecule has 4 saturated heterocycles. The number of ether oxygens (including phenoxy) is 6. The summed E-state index contributed by atoms with van der Waals surface area (Å²) in [5.41, 5.74) is 0. The number of aliphatic hydroxyl groups excluding tert-OH is 2. The van der Waals surface area contributed by atoms with Crippen molar-refractivity contribution in [2.45, 2.75) is 50.1 Å². The first-order chi connectivity index (χ1) is 12.8. The van der Waals surface area contributed by atoms with Crippen molar-refractivity contribution in [2.24, 2.45) is 0 Å². The molecule has 0 aromatic rings. The predicted octanol–water partition coefficient (Wildman–Crippen LogP) is 0.133. The Kier molecular flexibility index (Phi) is 11.7. The van der Waals surface area contributed by atoms with Crippen LogP contribution in [0.3, 0.4) is 0 Å². The number of hydrogen-bond donors (Lipinski definition) is 2. The Morgan fingerprint density at radius 2 is 0.808 bits per heavy atom. The lowest BCUT2D eigenvalue weighted by molar-refractivity contribution is 0.102. The summed E-state index contributed by atoms with van der Waals surface area (Å²) in [5.74, 6) is 0. The highest BCUT2D eigenvalue weighted by Crippen LogP contribution is 2.13. The van der Waals surface area contributed by atoms with E-state index in [0.29, 0.717) is 24.4 Å². The molecule has 4 fully saturated rings. The van der Waals surface area contributed by atoms with Crippen molar-refractivity contribution >= 4 is 0 Å². The molecule has 154 valence electrons. The van der Waals surface area contributed by atoms with Crippen molar-refractivity contribution in [1.82, 2.24) is 0 Å². The molecule has 0 radical (unpaired) electrons. The molecule has 4 heterocycles. The van der Waals surface area contributed by atoms with Crippen LogP contribution in [0.15, 0.2) is 0 Å². The molecule has 26 heavy (non-hydrogen) atoms. The van der Waals surface area contributed by atoms with E-state index in [2.05, 4.69) is 0 Å². The van der Waals surface area contributed by atoms with Crippen molar-refractivity contribution < 1.29 is 38.6 Å². The summed E-state index contributed by atoms with van der Waals surface area (Å²) in [5, 5.41) is 16.6. The zero-order valence-corrected chi connectivity index (χ0v) is 15.6. The molecule has 8 heteroatoms. The summed E-state index contributed by atoms with van der Waals surface area (Å²) >= 11 is 0. The molecule has 4 rings (SSSR count). The van der Waals surface area contributed by atoms with E-state index < -0.39 is 0 Å². The van der Waals surface area contributed by atoms with E-state index in [4.69, 9.17) is 38.6 Å². The van der Waals surface area contributed by atoms with Crippen LogP contribution in [0.5, 0.6) is 0 Å². The van der Waals surface area contributed by atoms with Gasteiger partial charge in [-0.1, -0.05) is 12.8 Å². The van der Waals surface area contributed by atoms with Gasteiger partial charge in [-0.05, 0) is 12.8 Å². The minimum Gasteiger partial charge on any atom is -0.396 e. The van der Waals surface area contributed by atoms with Crippen LogP contribution in [0, 0.1) is 0 Å². The van der Waals surface area contributed by atoms with Gasteiger partial charge in [0.25, 0.3) is 0 Å². The Morgan fingerprint density at radius 3 is 1.00 bits per heavy atom. The van der Waals surface area contributed by atoms with Gasteiger partial charge in [0, 0.05) is 13.2 Å². The second-order valence-corrected chi connectivity index (χ2v) is 6.76. The van der Waals surface area contributed by atoms with Crippen LogP contribution in [0.4, 0.5) is 0 Å². The minimum atomic E-state index is 0.283. The summed E-state index contributed by atoms with van der Waals surface area (Å²) in [6, 6.07) is 0. The molecule has 0 bridgehead atoms. The summed E-state index contributed by atoms with van der Waals surface area (Å²) in [6.45, 7) is 7.09.